The summed E-state index contributed by atoms with van der Waals surface area (Å²) in [6.07, 6.45) is 7.87. The van der Waals surface area contributed by atoms with E-state index in [0.717, 1.165) is 24.3 Å². The average molecular weight is 308 g/mol. The molecule has 0 spiro atoms. The molecule has 5 atom stereocenters. The number of ether oxygens (including phenoxy) is 1. The number of piperidine rings is 1. The van der Waals surface area contributed by atoms with Crippen LogP contribution in [0.3, 0.4) is 0 Å². The second-order valence-electron chi connectivity index (χ2n) is 7.72. The van der Waals surface area contributed by atoms with E-state index >= 15 is 0 Å². The minimum Gasteiger partial charge on any atom is -0.470 e. The molecule has 5 unspecified atom stereocenters. The van der Waals surface area contributed by atoms with Crippen LogP contribution in [0.15, 0.2) is 5.16 Å². The maximum absolute atomic E-state index is 6.31. The fraction of sp³-hybridized carbons (Fsp3) is 0.944. The van der Waals surface area contributed by atoms with Gasteiger partial charge in [-0.3, -0.25) is 4.90 Å². The van der Waals surface area contributed by atoms with Gasteiger partial charge in [0.2, 0.25) is 5.90 Å². The van der Waals surface area contributed by atoms with Gasteiger partial charge in [-0.25, -0.2) is 0 Å². The lowest BCUT2D eigenvalue weighted by atomic mass is 9.76. The Bertz CT molecular complexity index is 393. The van der Waals surface area contributed by atoms with E-state index in [-0.39, 0.29) is 12.2 Å². The Kier molecular flexibility index (Phi) is 5.27. The largest absolute Gasteiger partial charge is 0.470 e. The lowest BCUT2D eigenvalue weighted by Crippen LogP contribution is -2.47. The van der Waals surface area contributed by atoms with Gasteiger partial charge in [0.25, 0.3) is 0 Å². The fourth-order valence-electron chi connectivity index (χ4n) is 4.00. The summed E-state index contributed by atoms with van der Waals surface area (Å²) in [7, 11) is 0. The molecule has 2 heterocycles. The van der Waals surface area contributed by atoms with Crippen molar-refractivity contribution in [1.29, 1.82) is 0 Å². The summed E-state index contributed by atoms with van der Waals surface area (Å²) in [4.78, 5) is 8.23. The van der Waals surface area contributed by atoms with E-state index in [2.05, 4.69) is 30.8 Å². The van der Waals surface area contributed by atoms with Gasteiger partial charge in [0.05, 0.1) is 0 Å². The predicted molar refractivity (Wildman–Crippen MR) is 88.8 cm³/mol. The molecule has 2 fully saturated rings. The van der Waals surface area contributed by atoms with Crippen LogP contribution >= 0.6 is 0 Å². The first-order valence-electron chi connectivity index (χ1n) is 9.26. The summed E-state index contributed by atoms with van der Waals surface area (Å²) >= 11 is 0. The summed E-state index contributed by atoms with van der Waals surface area (Å²) in [5, 5.41) is 4.31. The molecule has 4 heteroatoms. The SMILES string of the molecule is CC1CCC(C2=NOC(C)C(CN3CCCCC3)O2)CC1C. The molecule has 1 aliphatic carbocycles. The quantitative estimate of drug-likeness (QED) is 0.798. The molecule has 3 rings (SSSR count). The molecule has 1 saturated carbocycles. The highest BCUT2D eigenvalue weighted by Crippen LogP contribution is 2.35. The standard InChI is InChI=1S/C18H32N2O2/c1-13-7-8-16(11-14(13)2)18-19-22-15(3)17(21-18)12-20-9-5-4-6-10-20/h13-17H,4-12H2,1-3H3. The van der Waals surface area contributed by atoms with Crippen LogP contribution in [0.5, 0.6) is 0 Å². The third-order valence-corrected chi connectivity index (χ3v) is 5.94. The second-order valence-corrected chi connectivity index (χ2v) is 7.72. The number of hydrogen-bond acceptors (Lipinski definition) is 4. The Balaban J connectivity index is 1.57. The van der Waals surface area contributed by atoms with Gasteiger partial charge in [0.1, 0.15) is 0 Å². The van der Waals surface area contributed by atoms with Crippen molar-refractivity contribution in [2.24, 2.45) is 22.9 Å². The number of hydrogen-bond donors (Lipinski definition) is 0. The topological polar surface area (TPSA) is 34.1 Å². The van der Waals surface area contributed by atoms with Gasteiger partial charge in [0, 0.05) is 12.5 Å². The average Bonchev–Trinajstić information content (AvgIpc) is 2.53. The van der Waals surface area contributed by atoms with Gasteiger partial charge in [-0.1, -0.05) is 25.4 Å². The van der Waals surface area contributed by atoms with Crippen LogP contribution in [-0.4, -0.2) is 42.6 Å². The molecule has 0 N–H and O–H groups in total. The highest BCUT2D eigenvalue weighted by Gasteiger charge is 2.35. The van der Waals surface area contributed by atoms with E-state index in [1.165, 1.54) is 51.6 Å². The van der Waals surface area contributed by atoms with E-state index in [1.54, 1.807) is 0 Å². The number of oxime groups is 1. The maximum Gasteiger partial charge on any atom is 0.229 e. The van der Waals surface area contributed by atoms with E-state index in [9.17, 15) is 0 Å². The van der Waals surface area contributed by atoms with Gasteiger partial charge >= 0.3 is 0 Å². The molecule has 126 valence electrons. The number of likely N-dealkylation sites (tertiary alicyclic amines) is 1. The molecule has 0 aromatic rings. The van der Waals surface area contributed by atoms with Crippen molar-refractivity contribution in [3.63, 3.8) is 0 Å². The summed E-state index contributed by atoms with van der Waals surface area (Å²) in [6, 6.07) is 0. The lowest BCUT2D eigenvalue weighted by Gasteiger charge is -2.38. The summed E-state index contributed by atoms with van der Waals surface area (Å²) < 4.78 is 6.31. The van der Waals surface area contributed by atoms with Crippen LogP contribution in [0.1, 0.15) is 59.3 Å². The Morgan fingerprint density at radius 2 is 1.82 bits per heavy atom. The fourth-order valence-corrected chi connectivity index (χ4v) is 4.00. The molecule has 4 nitrogen and oxygen atoms in total. The van der Waals surface area contributed by atoms with Crippen molar-refractivity contribution in [2.45, 2.75) is 71.5 Å². The Morgan fingerprint density at radius 3 is 2.55 bits per heavy atom. The first-order chi connectivity index (χ1) is 10.6. The van der Waals surface area contributed by atoms with Gasteiger partial charge in [-0.05, 0) is 64.0 Å². The minimum absolute atomic E-state index is 0.0608. The molecule has 1 saturated heterocycles. The van der Waals surface area contributed by atoms with Crippen molar-refractivity contribution < 1.29 is 9.57 Å². The van der Waals surface area contributed by atoms with Crippen molar-refractivity contribution in [3.05, 3.63) is 0 Å². The Hall–Kier alpha value is -0.770. The number of nitrogens with zero attached hydrogens (tertiary/aromatic N) is 2. The van der Waals surface area contributed by atoms with Gasteiger partial charge in [-0.15, -0.1) is 0 Å². The zero-order chi connectivity index (χ0) is 15.5. The van der Waals surface area contributed by atoms with E-state index in [4.69, 9.17) is 9.57 Å². The Labute approximate surface area is 135 Å². The molecular formula is C18H32N2O2. The highest BCUT2D eigenvalue weighted by atomic mass is 16.7. The van der Waals surface area contributed by atoms with Crippen molar-refractivity contribution in [1.82, 2.24) is 4.90 Å². The summed E-state index contributed by atoms with van der Waals surface area (Å²) in [5.41, 5.74) is 0. The molecule has 0 aromatic carbocycles. The molecule has 3 aliphatic rings. The van der Waals surface area contributed by atoms with Gasteiger partial charge in [0.15, 0.2) is 12.2 Å². The minimum atomic E-state index is 0.0608. The first kappa shape index (κ1) is 16.1. The van der Waals surface area contributed by atoms with Gasteiger partial charge in [-0.2, -0.15) is 0 Å². The van der Waals surface area contributed by atoms with Crippen LogP contribution in [0.4, 0.5) is 0 Å². The molecule has 0 aromatic heterocycles. The third-order valence-electron chi connectivity index (χ3n) is 5.94. The normalized spacial score (nSPS) is 40.5. The van der Waals surface area contributed by atoms with Crippen molar-refractivity contribution >= 4 is 5.90 Å². The van der Waals surface area contributed by atoms with E-state index < -0.39 is 0 Å². The third kappa shape index (κ3) is 3.76. The molecule has 0 radical (unpaired) electrons. The monoisotopic (exact) mass is 308 g/mol. The first-order valence-corrected chi connectivity index (χ1v) is 9.26. The predicted octanol–water partition coefficient (Wildman–Crippen LogP) is 3.66. The molecule has 0 amide bonds. The van der Waals surface area contributed by atoms with Crippen LogP contribution in [-0.2, 0) is 9.57 Å². The zero-order valence-electron chi connectivity index (χ0n) is 14.5. The molecule has 22 heavy (non-hydrogen) atoms. The molecule has 2 aliphatic heterocycles. The highest BCUT2D eigenvalue weighted by molar-refractivity contribution is 5.79. The van der Waals surface area contributed by atoms with E-state index in [1.807, 2.05) is 0 Å². The van der Waals surface area contributed by atoms with Crippen LogP contribution in [0.25, 0.3) is 0 Å². The number of rotatable bonds is 3. The van der Waals surface area contributed by atoms with Gasteiger partial charge < -0.3 is 9.57 Å². The maximum atomic E-state index is 6.31. The smallest absolute Gasteiger partial charge is 0.229 e. The summed E-state index contributed by atoms with van der Waals surface area (Å²) in [6.45, 7) is 10.2. The van der Waals surface area contributed by atoms with Crippen LogP contribution < -0.4 is 0 Å². The molecule has 0 bridgehead atoms. The molecular weight excluding hydrogens is 276 g/mol. The Morgan fingerprint density at radius 1 is 1.05 bits per heavy atom. The van der Waals surface area contributed by atoms with Crippen molar-refractivity contribution in [3.8, 4) is 0 Å². The second kappa shape index (κ2) is 7.20. The van der Waals surface area contributed by atoms with Crippen molar-refractivity contribution in [2.75, 3.05) is 19.6 Å². The summed E-state index contributed by atoms with van der Waals surface area (Å²) in [5.74, 6) is 2.91. The van der Waals surface area contributed by atoms with Crippen LogP contribution in [0, 0.1) is 17.8 Å². The van der Waals surface area contributed by atoms with Crippen LogP contribution in [0.2, 0.25) is 0 Å². The zero-order valence-corrected chi connectivity index (χ0v) is 14.5. The lowest BCUT2D eigenvalue weighted by molar-refractivity contribution is -0.0694. The van der Waals surface area contributed by atoms with E-state index in [0.29, 0.717) is 5.92 Å².